The van der Waals surface area contributed by atoms with Crippen LogP contribution in [-0.2, 0) is 9.84 Å². The van der Waals surface area contributed by atoms with Gasteiger partial charge in [-0.25, -0.2) is 8.42 Å². The van der Waals surface area contributed by atoms with Crippen molar-refractivity contribution in [2.75, 3.05) is 6.26 Å². The molecular formula is C8H16O3S. The molecule has 72 valence electrons. The fraction of sp³-hybridized carbons (Fsp3) is 1.00. The standard InChI is InChI=1S/C8H16O3S/c1-6-3-4-7(9)5-8(6)12(2,10)11/h6-9H,3-5H2,1-2H3. The molecule has 1 fully saturated rings. The summed E-state index contributed by atoms with van der Waals surface area (Å²) in [6, 6.07) is 0. The molecular weight excluding hydrogens is 176 g/mol. The van der Waals surface area contributed by atoms with E-state index in [9.17, 15) is 13.5 Å². The van der Waals surface area contributed by atoms with Crippen molar-refractivity contribution in [2.45, 2.75) is 37.5 Å². The molecule has 0 spiro atoms. The Morgan fingerprint density at radius 1 is 1.33 bits per heavy atom. The van der Waals surface area contributed by atoms with Gasteiger partial charge in [0.1, 0.15) is 0 Å². The Morgan fingerprint density at radius 3 is 2.33 bits per heavy atom. The zero-order valence-corrected chi connectivity index (χ0v) is 8.34. The van der Waals surface area contributed by atoms with Gasteiger partial charge in [-0.3, -0.25) is 0 Å². The van der Waals surface area contributed by atoms with Crippen LogP contribution in [0.3, 0.4) is 0 Å². The second kappa shape index (κ2) is 3.34. The van der Waals surface area contributed by atoms with Gasteiger partial charge in [0.25, 0.3) is 0 Å². The van der Waals surface area contributed by atoms with Gasteiger partial charge in [-0.1, -0.05) is 6.92 Å². The van der Waals surface area contributed by atoms with E-state index in [0.29, 0.717) is 6.42 Å². The van der Waals surface area contributed by atoms with Crippen LogP contribution < -0.4 is 0 Å². The van der Waals surface area contributed by atoms with Crippen LogP contribution in [0.5, 0.6) is 0 Å². The molecule has 0 bridgehead atoms. The lowest BCUT2D eigenvalue weighted by Gasteiger charge is -2.30. The largest absolute Gasteiger partial charge is 0.393 e. The van der Waals surface area contributed by atoms with E-state index in [4.69, 9.17) is 0 Å². The first-order valence-electron chi connectivity index (χ1n) is 4.28. The van der Waals surface area contributed by atoms with Gasteiger partial charge in [0.05, 0.1) is 11.4 Å². The van der Waals surface area contributed by atoms with Crippen molar-refractivity contribution in [2.24, 2.45) is 5.92 Å². The highest BCUT2D eigenvalue weighted by atomic mass is 32.2. The number of rotatable bonds is 1. The third-order valence-electron chi connectivity index (χ3n) is 2.64. The predicted molar refractivity (Wildman–Crippen MR) is 47.7 cm³/mol. The SMILES string of the molecule is CC1CCC(O)CC1S(C)(=O)=O. The Bertz CT molecular complexity index is 245. The Kier molecular flexibility index (Phi) is 2.78. The van der Waals surface area contributed by atoms with Crippen LogP contribution in [0.15, 0.2) is 0 Å². The fourth-order valence-corrected chi connectivity index (χ4v) is 3.41. The number of aliphatic hydroxyl groups excluding tert-OH is 1. The zero-order chi connectivity index (χ0) is 9.35. The summed E-state index contributed by atoms with van der Waals surface area (Å²) in [4.78, 5) is 0. The van der Waals surface area contributed by atoms with E-state index in [1.54, 1.807) is 0 Å². The van der Waals surface area contributed by atoms with Gasteiger partial charge in [-0.2, -0.15) is 0 Å². The van der Waals surface area contributed by atoms with E-state index >= 15 is 0 Å². The number of aliphatic hydroxyl groups is 1. The first-order chi connectivity index (χ1) is 5.41. The Hall–Kier alpha value is -0.0900. The molecule has 1 N–H and O–H groups in total. The summed E-state index contributed by atoms with van der Waals surface area (Å²) >= 11 is 0. The normalized spacial score (nSPS) is 38.1. The van der Waals surface area contributed by atoms with Gasteiger partial charge in [-0.05, 0) is 25.2 Å². The quantitative estimate of drug-likeness (QED) is 0.661. The molecule has 0 saturated heterocycles. The minimum Gasteiger partial charge on any atom is -0.393 e. The Balaban J connectivity index is 2.74. The van der Waals surface area contributed by atoms with Crippen molar-refractivity contribution >= 4 is 9.84 Å². The Morgan fingerprint density at radius 2 is 1.92 bits per heavy atom. The molecule has 3 unspecified atom stereocenters. The average molecular weight is 192 g/mol. The second-order valence-corrected chi connectivity index (χ2v) is 6.08. The van der Waals surface area contributed by atoms with Gasteiger partial charge in [-0.15, -0.1) is 0 Å². The van der Waals surface area contributed by atoms with E-state index in [2.05, 4.69) is 0 Å². The third kappa shape index (κ3) is 2.20. The van der Waals surface area contributed by atoms with E-state index in [1.165, 1.54) is 6.26 Å². The first-order valence-corrected chi connectivity index (χ1v) is 6.23. The molecule has 0 aromatic rings. The van der Waals surface area contributed by atoms with Crippen LogP contribution in [0.2, 0.25) is 0 Å². The maximum Gasteiger partial charge on any atom is 0.150 e. The minimum absolute atomic E-state index is 0.198. The van der Waals surface area contributed by atoms with Gasteiger partial charge >= 0.3 is 0 Å². The van der Waals surface area contributed by atoms with E-state index < -0.39 is 15.9 Å². The molecule has 1 saturated carbocycles. The number of hydrogen-bond acceptors (Lipinski definition) is 3. The molecule has 0 radical (unpaired) electrons. The van der Waals surface area contributed by atoms with Crippen molar-refractivity contribution in [3.63, 3.8) is 0 Å². The lowest BCUT2D eigenvalue weighted by molar-refractivity contribution is 0.114. The lowest BCUT2D eigenvalue weighted by atomic mass is 9.88. The first kappa shape index (κ1) is 9.99. The minimum atomic E-state index is -2.97. The number of sulfone groups is 1. The van der Waals surface area contributed by atoms with Crippen LogP contribution in [0.1, 0.15) is 26.2 Å². The van der Waals surface area contributed by atoms with Crippen molar-refractivity contribution < 1.29 is 13.5 Å². The van der Waals surface area contributed by atoms with Gasteiger partial charge in [0.2, 0.25) is 0 Å². The topological polar surface area (TPSA) is 54.4 Å². The summed E-state index contributed by atoms with van der Waals surface area (Å²) in [7, 11) is -2.97. The molecule has 12 heavy (non-hydrogen) atoms. The van der Waals surface area contributed by atoms with Gasteiger partial charge in [0.15, 0.2) is 9.84 Å². The average Bonchev–Trinajstić information content (AvgIpc) is 1.92. The van der Waals surface area contributed by atoms with Crippen LogP contribution >= 0.6 is 0 Å². The molecule has 4 heteroatoms. The van der Waals surface area contributed by atoms with Gasteiger partial charge in [0, 0.05) is 6.26 Å². The third-order valence-corrected chi connectivity index (χ3v) is 4.40. The second-order valence-electron chi connectivity index (χ2n) is 3.81. The van der Waals surface area contributed by atoms with Gasteiger partial charge < -0.3 is 5.11 Å². The number of hydrogen-bond donors (Lipinski definition) is 1. The van der Waals surface area contributed by atoms with Crippen molar-refractivity contribution in [3.8, 4) is 0 Å². The summed E-state index contributed by atoms with van der Waals surface area (Å²) in [5.74, 6) is 0.198. The predicted octanol–water partition coefficient (Wildman–Crippen LogP) is 0.581. The molecule has 0 aromatic heterocycles. The molecule has 0 amide bonds. The lowest BCUT2D eigenvalue weighted by Crippen LogP contribution is -2.36. The van der Waals surface area contributed by atoms with Crippen molar-refractivity contribution in [3.05, 3.63) is 0 Å². The summed E-state index contributed by atoms with van der Waals surface area (Å²) < 4.78 is 22.5. The molecule has 0 aromatic carbocycles. The smallest absolute Gasteiger partial charge is 0.150 e. The van der Waals surface area contributed by atoms with Crippen molar-refractivity contribution in [1.29, 1.82) is 0 Å². The van der Waals surface area contributed by atoms with Crippen LogP contribution in [0, 0.1) is 5.92 Å². The van der Waals surface area contributed by atoms with E-state index in [1.807, 2.05) is 6.92 Å². The van der Waals surface area contributed by atoms with E-state index in [0.717, 1.165) is 12.8 Å². The van der Waals surface area contributed by atoms with Crippen LogP contribution in [0.4, 0.5) is 0 Å². The highest BCUT2D eigenvalue weighted by Gasteiger charge is 2.33. The molecule has 3 atom stereocenters. The Labute approximate surface area is 73.7 Å². The highest BCUT2D eigenvalue weighted by Crippen LogP contribution is 2.28. The monoisotopic (exact) mass is 192 g/mol. The summed E-state index contributed by atoms with van der Waals surface area (Å²) in [6.07, 6.45) is 2.82. The molecule has 1 aliphatic rings. The summed E-state index contributed by atoms with van der Waals surface area (Å²) in [5, 5.41) is 8.96. The highest BCUT2D eigenvalue weighted by molar-refractivity contribution is 7.91. The maximum absolute atomic E-state index is 11.2. The molecule has 0 heterocycles. The zero-order valence-electron chi connectivity index (χ0n) is 7.53. The molecule has 1 aliphatic carbocycles. The summed E-state index contributed by atoms with van der Waals surface area (Å²) in [5.41, 5.74) is 0. The molecule has 1 rings (SSSR count). The summed E-state index contributed by atoms with van der Waals surface area (Å²) in [6.45, 7) is 1.94. The molecule has 0 aliphatic heterocycles. The van der Waals surface area contributed by atoms with Crippen molar-refractivity contribution in [1.82, 2.24) is 0 Å². The van der Waals surface area contributed by atoms with E-state index in [-0.39, 0.29) is 11.2 Å². The maximum atomic E-state index is 11.2. The van der Waals surface area contributed by atoms with Crippen LogP contribution in [-0.4, -0.2) is 31.1 Å². The van der Waals surface area contributed by atoms with Crippen LogP contribution in [0.25, 0.3) is 0 Å². The molecule has 3 nitrogen and oxygen atoms in total. The fourth-order valence-electron chi connectivity index (χ4n) is 1.86.